The number of halogens is 1. The van der Waals surface area contributed by atoms with E-state index in [4.69, 9.17) is 33.3 Å². The molecule has 0 aliphatic carbocycles. The largest absolute Gasteiger partial charge is 0.489 e. The molecular weight excluding hydrogens is 396 g/mol. The number of hydrogen-bond donors (Lipinski definition) is 1. The number of anilines is 1. The third-order valence-electron chi connectivity index (χ3n) is 4.48. The summed E-state index contributed by atoms with van der Waals surface area (Å²) in [4.78, 5) is 14.5. The van der Waals surface area contributed by atoms with Gasteiger partial charge in [-0.15, -0.1) is 0 Å². The van der Waals surface area contributed by atoms with Crippen LogP contribution in [0.15, 0.2) is 36.0 Å². The number of hydrogen-bond acceptors (Lipinski definition) is 4. The van der Waals surface area contributed by atoms with Crippen LogP contribution in [-0.4, -0.2) is 24.2 Å². The van der Waals surface area contributed by atoms with Crippen molar-refractivity contribution < 1.29 is 14.3 Å². The van der Waals surface area contributed by atoms with Gasteiger partial charge in [0.25, 0.3) is 5.91 Å². The van der Waals surface area contributed by atoms with Crippen molar-refractivity contribution >= 4 is 46.6 Å². The molecule has 28 heavy (non-hydrogen) atoms. The first kappa shape index (κ1) is 18.8. The van der Waals surface area contributed by atoms with Gasteiger partial charge in [-0.05, 0) is 73.1 Å². The zero-order valence-electron chi connectivity index (χ0n) is 15.5. The van der Waals surface area contributed by atoms with Gasteiger partial charge in [-0.3, -0.25) is 9.69 Å². The molecule has 0 spiro atoms. The maximum absolute atomic E-state index is 13.0. The standard InChI is InChI=1S/C21H19ClN2O3S/c1-12-6-13(2)8-15(7-12)24-20(25)17(23-21(24)28)10-14-9-16(22)19-18(11-14)26-4-3-5-27-19/h6-11H,3-5H2,1-2H3,(H,23,28)/b17-10+. The van der Waals surface area contributed by atoms with Gasteiger partial charge in [0, 0.05) is 6.42 Å². The lowest BCUT2D eigenvalue weighted by Gasteiger charge is -2.15. The van der Waals surface area contributed by atoms with Crippen LogP contribution < -0.4 is 19.7 Å². The minimum atomic E-state index is -0.210. The first-order valence-electron chi connectivity index (χ1n) is 8.97. The number of nitrogens with one attached hydrogen (secondary N) is 1. The van der Waals surface area contributed by atoms with Gasteiger partial charge in [0.05, 0.1) is 23.9 Å². The van der Waals surface area contributed by atoms with Crippen molar-refractivity contribution in [3.8, 4) is 11.5 Å². The summed E-state index contributed by atoms with van der Waals surface area (Å²) in [6, 6.07) is 9.49. The molecule has 0 unspecified atom stereocenters. The maximum Gasteiger partial charge on any atom is 0.281 e. The van der Waals surface area contributed by atoms with Crippen molar-refractivity contribution in [1.82, 2.24) is 5.32 Å². The van der Waals surface area contributed by atoms with E-state index in [1.807, 2.05) is 32.0 Å². The summed E-state index contributed by atoms with van der Waals surface area (Å²) < 4.78 is 11.4. The van der Waals surface area contributed by atoms with E-state index in [1.165, 1.54) is 4.90 Å². The summed E-state index contributed by atoms with van der Waals surface area (Å²) in [6.45, 7) is 5.10. The van der Waals surface area contributed by atoms with E-state index in [9.17, 15) is 4.79 Å². The van der Waals surface area contributed by atoms with Crippen LogP contribution in [0.1, 0.15) is 23.1 Å². The highest BCUT2D eigenvalue weighted by Gasteiger charge is 2.32. The molecule has 0 saturated carbocycles. The zero-order valence-corrected chi connectivity index (χ0v) is 17.1. The van der Waals surface area contributed by atoms with Gasteiger partial charge < -0.3 is 14.8 Å². The number of amides is 1. The molecule has 1 fully saturated rings. The Hall–Kier alpha value is -2.57. The number of carbonyl (C=O) groups is 1. The topological polar surface area (TPSA) is 50.8 Å². The number of nitrogens with zero attached hydrogens (tertiary/aromatic N) is 1. The molecular formula is C21H19ClN2O3S. The fourth-order valence-electron chi connectivity index (χ4n) is 3.35. The monoisotopic (exact) mass is 414 g/mol. The van der Waals surface area contributed by atoms with E-state index >= 15 is 0 Å². The molecule has 2 aromatic rings. The van der Waals surface area contributed by atoms with Crippen LogP contribution in [0.2, 0.25) is 5.02 Å². The molecule has 0 atom stereocenters. The molecule has 0 bridgehead atoms. The van der Waals surface area contributed by atoms with Gasteiger partial charge in [-0.2, -0.15) is 0 Å². The second-order valence-electron chi connectivity index (χ2n) is 6.86. The summed E-state index contributed by atoms with van der Waals surface area (Å²) in [7, 11) is 0. The number of fused-ring (bicyclic) bond motifs is 1. The van der Waals surface area contributed by atoms with E-state index in [0.717, 1.165) is 28.8 Å². The predicted molar refractivity (Wildman–Crippen MR) is 114 cm³/mol. The second-order valence-corrected chi connectivity index (χ2v) is 7.65. The fourth-order valence-corrected chi connectivity index (χ4v) is 3.92. The second kappa shape index (κ2) is 7.45. The lowest BCUT2D eigenvalue weighted by Crippen LogP contribution is -2.30. The van der Waals surface area contributed by atoms with Crippen LogP contribution in [0.4, 0.5) is 5.69 Å². The first-order valence-corrected chi connectivity index (χ1v) is 9.75. The molecule has 2 aliphatic heterocycles. The third-order valence-corrected chi connectivity index (χ3v) is 5.04. The van der Waals surface area contributed by atoms with Crippen molar-refractivity contribution in [2.75, 3.05) is 18.1 Å². The average Bonchev–Trinajstić information content (AvgIpc) is 2.78. The molecule has 2 heterocycles. The summed E-state index contributed by atoms with van der Waals surface area (Å²) in [5.74, 6) is 0.911. The van der Waals surface area contributed by atoms with Crippen LogP contribution >= 0.6 is 23.8 Å². The van der Waals surface area contributed by atoms with Crippen molar-refractivity contribution in [1.29, 1.82) is 0 Å². The molecule has 0 radical (unpaired) electrons. The lowest BCUT2D eigenvalue weighted by atomic mass is 10.1. The van der Waals surface area contributed by atoms with E-state index in [0.29, 0.717) is 40.5 Å². The number of thiocarbonyl (C=S) groups is 1. The van der Waals surface area contributed by atoms with Gasteiger partial charge in [0.15, 0.2) is 16.6 Å². The van der Waals surface area contributed by atoms with E-state index in [2.05, 4.69) is 11.4 Å². The summed E-state index contributed by atoms with van der Waals surface area (Å²) in [6.07, 6.45) is 2.51. The molecule has 1 saturated heterocycles. The van der Waals surface area contributed by atoms with E-state index in [-0.39, 0.29) is 5.91 Å². The highest BCUT2D eigenvalue weighted by atomic mass is 35.5. The van der Waals surface area contributed by atoms with Crippen LogP contribution in [0.5, 0.6) is 11.5 Å². The molecule has 7 heteroatoms. The highest BCUT2D eigenvalue weighted by molar-refractivity contribution is 7.80. The lowest BCUT2D eigenvalue weighted by molar-refractivity contribution is -0.113. The fraction of sp³-hybridized carbons (Fsp3) is 0.238. The smallest absolute Gasteiger partial charge is 0.281 e. The van der Waals surface area contributed by atoms with Crippen molar-refractivity contribution in [3.63, 3.8) is 0 Å². The summed E-state index contributed by atoms with van der Waals surface area (Å²) >= 11 is 11.8. The van der Waals surface area contributed by atoms with Crippen LogP contribution in [0, 0.1) is 13.8 Å². The maximum atomic E-state index is 13.0. The van der Waals surface area contributed by atoms with Gasteiger partial charge in [0.1, 0.15) is 5.70 Å². The molecule has 1 amide bonds. The normalized spacial score (nSPS) is 17.7. The number of aryl methyl sites for hydroxylation is 2. The molecule has 1 N–H and O–H groups in total. The summed E-state index contributed by atoms with van der Waals surface area (Å²) in [5.41, 5.74) is 4.00. The quantitative estimate of drug-likeness (QED) is 0.583. The Morgan fingerprint density at radius 2 is 1.82 bits per heavy atom. The van der Waals surface area contributed by atoms with E-state index in [1.54, 1.807) is 12.1 Å². The Labute approximate surface area is 173 Å². The molecule has 2 aromatic carbocycles. The molecule has 0 aromatic heterocycles. The SMILES string of the molecule is Cc1cc(C)cc(N2C(=O)/C(=C\c3cc(Cl)c4c(c3)OCCCO4)NC2=S)c1. The van der Waals surface area contributed by atoms with Crippen molar-refractivity contribution in [2.24, 2.45) is 0 Å². The Kier molecular flexibility index (Phi) is 5.00. The Morgan fingerprint density at radius 3 is 2.57 bits per heavy atom. The third kappa shape index (κ3) is 3.57. The molecule has 2 aliphatic rings. The predicted octanol–water partition coefficient (Wildman–Crippen LogP) is 4.38. The van der Waals surface area contributed by atoms with Gasteiger partial charge in [-0.1, -0.05) is 17.7 Å². The van der Waals surface area contributed by atoms with Crippen LogP contribution in [-0.2, 0) is 4.79 Å². The van der Waals surface area contributed by atoms with Crippen LogP contribution in [0.25, 0.3) is 6.08 Å². The number of ether oxygens (including phenoxy) is 2. The zero-order chi connectivity index (χ0) is 19.8. The molecule has 4 rings (SSSR count). The van der Waals surface area contributed by atoms with E-state index < -0.39 is 0 Å². The Morgan fingerprint density at radius 1 is 1.11 bits per heavy atom. The number of rotatable bonds is 2. The Balaban J connectivity index is 1.68. The minimum Gasteiger partial charge on any atom is -0.489 e. The van der Waals surface area contributed by atoms with Gasteiger partial charge in [0.2, 0.25) is 0 Å². The first-order chi connectivity index (χ1) is 13.4. The van der Waals surface area contributed by atoms with Gasteiger partial charge >= 0.3 is 0 Å². The van der Waals surface area contributed by atoms with Gasteiger partial charge in [-0.25, -0.2) is 0 Å². The minimum absolute atomic E-state index is 0.210. The van der Waals surface area contributed by atoms with Crippen molar-refractivity contribution in [3.05, 3.63) is 57.7 Å². The Bertz CT molecular complexity index is 999. The number of carbonyl (C=O) groups excluding carboxylic acids is 1. The molecule has 144 valence electrons. The highest BCUT2D eigenvalue weighted by Crippen LogP contribution is 2.38. The van der Waals surface area contributed by atoms with Crippen LogP contribution in [0.3, 0.4) is 0 Å². The average molecular weight is 415 g/mol. The summed E-state index contributed by atoms with van der Waals surface area (Å²) in [5, 5.41) is 3.80. The molecule has 5 nitrogen and oxygen atoms in total. The number of benzene rings is 2. The van der Waals surface area contributed by atoms with Crippen molar-refractivity contribution in [2.45, 2.75) is 20.3 Å².